The van der Waals surface area contributed by atoms with Crippen molar-refractivity contribution in [2.45, 2.75) is 31.3 Å². The van der Waals surface area contributed by atoms with Crippen LogP contribution in [0.25, 0.3) is 0 Å². The molecule has 4 nitrogen and oxygen atoms in total. The maximum atomic E-state index is 10.9. The zero-order chi connectivity index (χ0) is 8.97. The zero-order valence-corrected chi connectivity index (χ0v) is 7.38. The molecule has 1 aliphatic carbocycles. The predicted molar refractivity (Wildman–Crippen MR) is 45.6 cm³/mol. The van der Waals surface area contributed by atoms with Gasteiger partial charge in [-0.1, -0.05) is 0 Å². The highest BCUT2D eigenvalue weighted by Crippen LogP contribution is 2.19. The van der Waals surface area contributed by atoms with Gasteiger partial charge in [0.1, 0.15) is 0 Å². The minimum absolute atomic E-state index is 0.211. The molecule has 0 saturated heterocycles. The van der Waals surface area contributed by atoms with Crippen molar-refractivity contribution in [3.05, 3.63) is 0 Å². The van der Waals surface area contributed by atoms with E-state index < -0.39 is 0 Å². The Morgan fingerprint density at radius 3 is 2.83 bits per heavy atom. The maximum absolute atomic E-state index is 10.9. The summed E-state index contributed by atoms with van der Waals surface area (Å²) in [5.74, 6) is -0.279. The molecule has 1 unspecified atom stereocenters. The number of nitrogens with two attached hydrogens (primary N) is 1. The quantitative estimate of drug-likeness (QED) is 0.574. The Morgan fingerprint density at radius 1 is 1.75 bits per heavy atom. The summed E-state index contributed by atoms with van der Waals surface area (Å²) in [6.45, 7) is 0.577. The minimum Gasteiger partial charge on any atom is -0.385 e. The first-order valence-corrected chi connectivity index (χ1v) is 4.28. The van der Waals surface area contributed by atoms with Crippen molar-refractivity contribution in [3.8, 4) is 0 Å². The first-order valence-electron chi connectivity index (χ1n) is 4.28. The molecule has 0 spiro atoms. The van der Waals surface area contributed by atoms with E-state index in [-0.39, 0.29) is 11.9 Å². The number of hydrogen-bond donors (Lipinski definition) is 2. The van der Waals surface area contributed by atoms with E-state index in [9.17, 15) is 4.79 Å². The van der Waals surface area contributed by atoms with Gasteiger partial charge in [-0.15, -0.1) is 0 Å². The molecule has 1 aliphatic rings. The number of rotatable bonds is 6. The van der Waals surface area contributed by atoms with Gasteiger partial charge in [0.2, 0.25) is 5.91 Å². The van der Waals surface area contributed by atoms with Crippen LogP contribution in [0.4, 0.5) is 0 Å². The van der Waals surface area contributed by atoms with Crippen LogP contribution in [0.1, 0.15) is 19.3 Å². The van der Waals surface area contributed by atoms with Gasteiger partial charge >= 0.3 is 0 Å². The molecule has 1 fully saturated rings. The highest BCUT2D eigenvalue weighted by Gasteiger charge is 2.26. The molecular formula is C8H16N2O2. The van der Waals surface area contributed by atoms with Crippen LogP contribution >= 0.6 is 0 Å². The van der Waals surface area contributed by atoms with Crippen molar-refractivity contribution >= 4 is 5.91 Å². The van der Waals surface area contributed by atoms with E-state index in [4.69, 9.17) is 10.5 Å². The second-order valence-electron chi connectivity index (χ2n) is 3.18. The van der Waals surface area contributed by atoms with Gasteiger partial charge in [-0.2, -0.15) is 0 Å². The maximum Gasteiger partial charge on any atom is 0.234 e. The van der Waals surface area contributed by atoms with Gasteiger partial charge in [0.05, 0.1) is 6.04 Å². The molecule has 4 heteroatoms. The van der Waals surface area contributed by atoms with Crippen molar-refractivity contribution in [3.63, 3.8) is 0 Å². The molecule has 0 aliphatic heterocycles. The second kappa shape index (κ2) is 4.42. The van der Waals surface area contributed by atoms with Crippen molar-refractivity contribution < 1.29 is 9.53 Å². The highest BCUT2D eigenvalue weighted by atomic mass is 16.5. The van der Waals surface area contributed by atoms with E-state index in [2.05, 4.69) is 5.32 Å². The van der Waals surface area contributed by atoms with Crippen LogP contribution in [-0.2, 0) is 9.53 Å². The normalized spacial score (nSPS) is 19.1. The van der Waals surface area contributed by atoms with E-state index in [1.807, 2.05) is 0 Å². The average Bonchev–Trinajstić information content (AvgIpc) is 2.80. The first-order chi connectivity index (χ1) is 5.74. The van der Waals surface area contributed by atoms with Gasteiger partial charge < -0.3 is 15.8 Å². The molecule has 0 aromatic carbocycles. The van der Waals surface area contributed by atoms with Crippen molar-refractivity contribution in [2.75, 3.05) is 13.7 Å². The predicted octanol–water partition coefficient (Wildman–Crippen LogP) is -0.371. The summed E-state index contributed by atoms with van der Waals surface area (Å²) >= 11 is 0. The fourth-order valence-corrected chi connectivity index (χ4v) is 1.08. The molecular weight excluding hydrogens is 156 g/mol. The zero-order valence-electron chi connectivity index (χ0n) is 7.38. The molecule has 0 aromatic heterocycles. The van der Waals surface area contributed by atoms with Crippen molar-refractivity contribution in [2.24, 2.45) is 5.73 Å². The number of ether oxygens (including phenoxy) is 1. The third-order valence-electron chi connectivity index (χ3n) is 1.97. The molecule has 0 aromatic rings. The van der Waals surface area contributed by atoms with E-state index >= 15 is 0 Å². The minimum atomic E-state index is -0.279. The summed E-state index contributed by atoms with van der Waals surface area (Å²) < 4.78 is 4.88. The third kappa shape index (κ3) is 3.19. The van der Waals surface area contributed by atoms with Crippen LogP contribution in [0.15, 0.2) is 0 Å². The molecule has 0 radical (unpaired) electrons. The van der Waals surface area contributed by atoms with E-state index in [0.717, 1.165) is 12.8 Å². The van der Waals surface area contributed by atoms with Crippen LogP contribution < -0.4 is 11.1 Å². The number of hydrogen-bond acceptors (Lipinski definition) is 3. The molecule has 1 atom stereocenters. The van der Waals surface area contributed by atoms with Crippen LogP contribution in [0, 0.1) is 0 Å². The van der Waals surface area contributed by atoms with Crippen molar-refractivity contribution in [1.82, 2.24) is 5.32 Å². The molecule has 1 amide bonds. The number of primary amides is 1. The largest absolute Gasteiger partial charge is 0.385 e. The summed E-state index contributed by atoms with van der Waals surface area (Å²) in [6.07, 6.45) is 3.00. The SMILES string of the molecule is COCCC(NC1CC1)C(N)=O. The fourth-order valence-electron chi connectivity index (χ4n) is 1.08. The molecule has 1 saturated carbocycles. The first kappa shape index (κ1) is 9.48. The Hall–Kier alpha value is -0.610. The van der Waals surface area contributed by atoms with Gasteiger partial charge in [0, 0.05) is 19.8 Å². The Labute approximate surface area is 72.5 Å². The van der Waals surface area contributed by atoms with Gasteiger partial charge in [-0.25, -0.2) is 0 Å². The Morgan fingerprint density at radius 2 is 2.42 bits per heavy atom. The Balaban J connectivity index is 2.21. The van der Waals surface area contributed by atoms with Gasteiger partial charge in [-0.05, 0) is 19.3 Å². The number of amides is 1. The summed E-state index contributed by atoms with van der Waals surface area (Å²) in [5.41, 5.74) is 5.20. The number of nitrogens with one attached hydrogen (secondary N) is 1. The molecule has 1 rings (SSSR count). The second-order valence-corrected chi connectivity index (χ2v) is 3.18. The van der Waals surface area contributed by atoms with Gasteiger partial charge in [-0.3, -0.25) is 4.79 Å². The van der Waals surface area contributed by atoms with Crippen LogP contribution in [0.5, 0.6) is 0 Å². The Bertz CT molecular complexity index is 157. The third-order valence-corrected chi connectivity index (χ3v) is 1.97. The molecule has 70 valence electrons. The van der Waals surface area contributed by atoms with Crippen LogP contribution in [0.3, 0.4) is 0 Å². The lowest BCUT2D eigenvalue weighted by Crippen LogP contribution is -2.43. The standard InChI is InChI=1S/C8H16N2O2/c1-12-5-4-7(8(9)11)10-6-2-3-6/h6-7,10H,2-5H2,1H3,(H2,9,11). The van der Waals surface area contributed by atoms with Crippen LogP contribution in [0.2, 0.25) is 0 Å². The topological polar surface area (TPSA) is 64.3 Å². The number of carbonyl (C=O) groups excluding carboxylic acids is 1. The molecule has 3 N–H and O–H groups in total. The van der Waals surface area contributed by atoms with Gasteiger partial charge in [0.15, 0.2) is 0 Å². The fraction of sp³-hybridized carbons (Fsp3) is 0.875. The number of methoxy groups -OCH3 is 1. The van der Waals surface area contributed by atoms with E-state index in [0.29, 0.717) is 19.1 Å². The highest BCUT2D eigenvalue weighted by molar-refractivity contribution is 5.79. The molecule has 12 heavy (non-hydrogen) atoms. The van der Waals surface area contributed by atoms with Crippen LogP contribution in [-0.4, -0.2) is 31.7 Å². The Kier molecular flexibility index (Phi) is 3.49. The van der Waals surface area contributed by atoms with Gasteiger partial charge in [0.25, 0.3) is 0 Å². The summed E-state index contributed by atoms with van der Waals surface area (Å²) in [7, 11) is 1.62. The monoisotopic (exact) mass is 172 g/mol. The lowest BCUT2D eigenvalue weighted by molar-refractivity contribution is -0.120. The van der Waals surface area contributed by atoms with Crippen molar-refractivity contribution in [1.29, 1.82) is 0 Å². The van der Waals surface area contributed by atoms with E-state index in [1.54, 1.807) is 7.11 Å². The summed E-state index contributed by atoms with van der Waals surface area (Å²) in [6, 6.07) is 0.303. The number of carbonyl (C=O) groups is 1. The molecule has 0 bridgehead atoms. The lowest BCUT2D eigenvalue weighted by Gasteiger charge is -2.13. The lowest BCUT2D eigenvalue weighted by atomic mass is 10.2. The summed E-state index contributed by atoms with van der Waals surface area (Å²) in [5, 5.41) is 3.17. The average molecular weight is 172 g/mol. The molecule has 0 heterocycles. The smallest absolute Gasteiger partial charge is 0.234 e. The van der Waals surface area contributed by atoms with E-state index in [1.165, 1.54) is 0 Å². The summed E-state index contributed by atoms with van der Waals surface area (Å²) in [4.78, 5) is 10.9.